The summed E-state index contributed by atoms with van der Waals surface area (Å²) in [6.45, 7) is 0. The summed E-state index contributed by atoms with van der Waals surface area (Å²) in [4.78, 5) is 20.8. The van der Waals surface area contributed by atoms with Gasteiger partial charge in [0, 0.05) is 0 Å². The van der Waals surface area contributed by atoms with Crippen LogP contribution in [0, 0.1) is 0 Å². The van der Waals surface area contributed by atoms with Crippen LogP contribution in [-0.4, -0.2) is 20.0 Å². The van der Waals surface area contributed by atoms with E-state index in [1.54, 1.807) is 0 Å². The molecule has 5 nitrogen and oxygen atoms in total. The van der Waals surface area contributed by atoms with Gasteiger partial charge in [-0.1, -0.05) is 6.08 Å². The van der Waals surface area contributed by atoms with Gasteiger partial charge in [0.25, 0.3) is 0 Å². The summed E-state index contributed by atoms with van der Waals surface area (Å²) in [6.07, 6.45) is 3.15. The number of ketones is 2. The zero-order valence-corrected chi connectivity index (χ0v) is 6.67. The van der Waals surface area contributed by atoms with Crippen molar-refractivity contribution in [2.24, 2.45) is 5.14 Å². The molecule has 0 saturated heterocycles. The number of sulfonamides is 1. The van der Waals surface area contributed by atoms with Crippen LogP contribution in [-0.2, 0) is 19.6 Å². The van der Waals surface area contributed by atoms with Crippen molar-refractivity contribution in [1.82, 2.24) is 0 Å². The van der Waals surface area contributed by atoms with E-state index >= 15 is 0 Å². The van der Waals surface area contributed by atoms with Crippen molar-refractivity contribution in [2.45, 2.75) is 0 Å². The van der Waals surface area contributed by atoms with Crippen LogP contribution in [0.4, 0.5) is 0 Å². The van der Waals surface area contributed by atoms with Crippen LogP contribution in [0.1, 0.15) is 0 Å². The lowest BCUT2D eigenvalue weighted by Crippen LogP contribution is -2.26. The van der Waals surface area contributed by atoms with Gasteiger partial charge < -0.3 is 0 Å². The fourth-order valence-electron chi connectivity index (χ4n) is 0.720. The third-order valence-corrected chi connectivity index (χ3v) is 2.18. The van der Waals surface area contributed by atoms with Gasteiger partial charge in [-0.2, -0.15) is 0 Å². The molecule has 0 aliphatic heterocycles. The van der Waals surface area contributed by atoms with Crippen molar-refractivity contribution < 1.29 is 18.0 Å². The minimum absolute atomic E-state index is 0.657. The number of nitrogens with two attached hydrogens (primary N) is 1. The van der Waals surface area contributed by atoms with E-state index in [0.29, 0.717) is 0 Å². The van der Waals surface area contributed by atoms with Gasteiger partial charge in [-0.25, -0.2) is 13.6 Å². The Bertz CT molecular complexity index is 401. The average molecular weight is 187 g/mol. The van der Waals surface area contributed by atoms with Crippen molar-refractivity contribution in [1.29, 1.82) is 0 Å². The summed E-state index contributed by atoms with van der Waals surface area (Å²) >= 11 is 0. The van der Waals surface area contributed by atoms with Crippen molar-refractivity contribution in [2.75, 3.05) is 0 Å². The number of hydrogen-bond donors (Lipinski definition) is 1. The molecule has 0 fully saturated rings. The van der Waals surface area contributed by atoms with Gasteiger partial charge in [-0.15, -0.1) is 0 Å². The number of carbonyl (C=O) groups is 2. The highest BCUT2D eigenvalue weighted by Crippen LogP contribution is 2.09. The molecule has 0 aromatic heterocycles. The molecule has 6 heteroatoms. The van der Waals surface area contributed by atoms with Crippen LogP contribution in [0.3, 0.4) is 0 Å². The van der Waals surface area contributed by atoms with E-state index in [0.717, 1.165) is 12.2 Å². The number of allylic oxidation sites excluding steroid dienone is 4. The van der Waals surface area contributed by atoms with Gasteiger partial charge in [0.15, 0.2) is 0 Å². The Hall–Kier alpha value is -1.27. The van der Waals surface area contributed by atoms with E-state index in [4.69, 9.17) is 0 Å². The Labute approximate surface area is 68.6 Å². The molecule has 12 heavy (non-hydrogen) atoms. The van der Waals surface area contributed by atoms with Gasteiger partial charge in [-0.3, -0.25) is 9.59 Å². The molecule has 64 valence electrons. The first-order chi connectivity index (χ1) is 5.43. The van der Waals surface area contributed by atoms with Crippen LogP contribution in [0.2, 0.25) is 0 Å². The van der Waals surface area contributed by atoms with E-state index in [9.17, 15) is 18.0 Å². The molecule has 1 aliphatic rings. The second-order valence-electron chi connectivity index (χ2n) is 2.13. The lowest BCUT2D eigenvalue weighted by molar-refractivity contribution is -0.131. The molecular weight excluding hydrogens is 182 g/mol. The van der Waals surface area contributed by atoms with Gasteiger partial charge in [0.1, 0.15) is 4.91 Å². The molecule has 2 N–H and O–H groups in total. The Morgan fingerprint density at radius 1 is 1.25 bits per heavy atom. The zero-order chi connectivity index (χ0) is 9.35. The number of rotatable bonds is 1. The summed E-state index contributed by atoms with van der Waals surface area (Å²) in [5, 5.41) is 4.66. The highest BCUT2D eigenvalue weighted by Gasteiger charge is 2.26. The molecule has 1 aliphatic carbocycles. The Morgan fingerprint density at radius 3 is 2.25 bits per heavy atom. The first kappa shape index (κ1) is 8.82. The third kappa shape index (κ3) is 1.49. The standard InChI is InChI=1S/C6H5NO4S/c7-12(10,11)5-3-1-2-4(8)6(5)9/h1-3H,(H2,7,10,11). The molecule has 0 radical (unpaired) electrons. The predicted octanol–water partition coefficient (Wildman–Crippen LogP) is -1.13. The maximum absolute atomic E-state index is 10.8. The van der Waals surface area contributed by atoms with E-state index in [2.05, 4.69) is 5.14 Å². The summed E-state index contributed by atoms with van der Waals surface area (Å²) < 4.78 is 21.3. The molecule has 0 amide bonds. The maximum atomic E-state index is 10.8. The molecule has 0 atom stereocenters. The van der Waals surface area contributed by atoms with Gasteiger partial charge in [0.2, 0.25) is 21.6 Å². The van der Waals surface area contributed by atoms with E-state index in [-0.39, 0.29) is 0 Å². The number of primary sulfonamides is 1. The molecule has 0 spiro atoms. The van der Waals surface area contributed by atoms with Crippen LogP contribution < -0.4 is 5.14 Å². The Morgan fingerprint density at radius 2 is 1.83 bits per heavy atom. The highest BCUT2D eigenvalue weighted by molar-refractivity contribution is 7.94. The van der Waals surface area contributed by atoms with E-state index in [1.807, 2.05) is 0 Å². The molecule has 0 aromatic carbocycles. The quantitative estimate of drug-likeness (QED) is 0.415. The van der Waals surface area contributed by atoms with Gasteiger partial charge in [-0.05, 0) is 12.2 Å². The number of Topliss-reactive ketones (excluding diaryl/α,β-unsaturated/α-hetero) is 1. The fraction of sp³-hybridized carbons (Fsp3) is 0. The molecule has 1 rings (SSSR count). The monoisotopic (exact) mass is 187 g/mol. The van der Waals surface area contributed by atoms with Crippen LogP contribution >= 0.6 is 0 Å². The fourth-order valence-corrected chi connectivity index (χ4v) is 1.35. The molecule has 0 saturated carbocycles. The lowest BCUT2D eigenvalue weighted by atomic mass is 10.1. The molecular formula is C6H5NO4S. The van der Waals surface area contributed by atoms with Crippen LogP contribution in [0.15, 0.2) is 23.1 Å². The molecule has 0 unspecified atom stereocenters. The summed E-state index contributed by atoms with van der Waals surface area (Å²) in [5.74, 6) is -1.96. The largest absolute Gasteiger partial charge is 0.286 e. The van der Waals surface area contributed by atoms with Gasteiger partial charge in [0.05, 0.1) is 0 Å². The smallest absolute Gasteiger partial charge is 0.245 e. The highest BCUT2D eigenvalue weighted by atomic mass is 32.2. The normalized spacial score (nSPS) is 17.9. The minimum Gasteiger partial charge on any atom is -0.286 e. The molecule has 0 aromatic rings. The summed E-state index contributed by atoms with van der Waals surface area (Å²) in [6, 6.07) is 0. The third-order valence-electron chi connectivity index (χ3n) is 1.25. The second kappa shape index (κ2) is 2.65. The van der Waals surface area contributed by atoms with E-state index in [1.165, 1.54) is 6.08 Å². The number of hydrogen-bond acceptors (Lipinski definition) is 4. The minimum atomic E-state index is -4.07. The maximum Gasteiger partial charge on any atom is 0.245 e. The first-order valence-electron chi connectivity index (χ1n) is 2.93. The van der Waals surface area contributed by atoms with Crippen molar-refractivity contribution in [3.63, 3.8) is 0 Å². The van der Waals surface area contributed by atoms with Gasteiger partial charge >= 0.3 is 0 Å². The predicted molar refractivity (Wildman–Crippen MR) is 40.3 cm³/mol. The SMILES string of the molecule is NS(=O)(=O)C1=CC=CC(=O)C1=O. The zero-order valence-electron chi connectivity index (χ0n) is 5.85. The van der Waals surface area contributed by atoms with Crippen molar-refractivity contribution in [3.8, 4) is 0 Å². The number of carbonyl (C=O) groups excluding carboxylic acids is 2. The summed E-state index contributed by atoms with van der Waals surface area (Å²) in [7, 11) is -4.07. The molecule has 0 heterocycles. The Balaban J connectivity index is 3.25. The van der Waals surface area contributed by atoms with E-state index < -0.39 is 26.5 Å². The van der Waals surface area contributed by atoms with Crippen molar-refractivity contribution in [3.05, 3.63) is 23.1 Å². The topological polar surface area (TPSA) is 94.3 Å². The Kier molecular flexibility index (Phi) is 1.95. The molecule has 0 bridgehead atoms. The second-order valence-corrected chi connectivity index (χ2v) is 3.66. The first-order valence-corrected chi connectivity index (χ1v) is 4.47. The van der Waals surface area contributed by atoms with Crippen molar-refractivity contribution >= 4 is 21.6 Å². The van der Waals surface area contributed by atoms with Crippen LogP contribution in [0.25, 0.3) is 0 Å². The lowest BCUT2D eigenvalue weighted by Gasteiger charge is -2.02. The van der Waals surface area contributed by atoms with Crippen LogP contribution in [0.5, 0.6) is 0 Å². The summed E-state index contributed by atoms with van der Waals surface area (Å²) in [5.41, 5.74) is 0. The average Bonchev–Trinajstić information content (AvgIpc) is 1.92.